The summed E-state index contributed by atoms with van der Waals surface area (Å²) in [5.41, 5.74) is 1.94. The first-order valence-electron chi connectivity index (χ1n) is 11.0. The van der Waals surface area contributed by atoms with E-state index in [0.29, 0.717) is 38.4 Å². The molecular weight excluding hydrogens is 399 g/mol. The number of ether oxygens (including phenoxy) is 1. The van der Waals surface area contributed by atoms with Gasteiger partial charge in [-0.05, 0) is 37.5 Å². The molecule has 0 radical (unpaired) electrons. The molecule has 0 bridgehead atoms. The van der Waals surface area contributed by atoms with Gasteiger partial charge in [0.1, 0.15) is 11.6 Å². The summed E-state index contributed by atoms with van der Waals surface area (Å²) in [6, 6.07) is 8.15. The van der Waals surface area contributed by atoms with E-state index in [4.69, 9.17) is 4.74 Å². The molecule has 3 heterocycles. The fraction of sp³-hybridized carbons (Fsp3) is 0.522. The number of piperidine rings is 1. The standard InChI is InChI=1S/C23H29FN4O3/c1-16(29)27-9-5-17(6-10-27)23(30)28-11-7-18(15-28)22-14-20(25-26-22)8-12-31-21-4-2-3-19(24)13-21/h2-4,13-14,17-18H,5-12,15H2,1H3,(H,25,26)/t18-/m0/s1. The van der Waals surface area contributed by atoms with E-state index in [1.165, 1.54) is 12.1 Å². The molecular formula is C23H29FN4O3. The van der Waals surface area contributed by atoms with Gasteiger partial charge in [0.2, 0.25) is 11.8 Å². The van der Waals surface area contributed by atoms with Gasteiger partial charge in [-0.2, -0.15) is 5.10 Å². The Kier molecular flexibility index (Phi) is 6.53. The molecule has 2 amide bonds. The maximum Gasteiger partial charge on any atom is 0.225 e. The number of H-pyrrole nitrogens is 1. The molecule has 1 N–H and O–H groups in total. The van der Waals surface area contributed by atoms with Crippen LogP contribution in [0.3, 0.4) is 0 Å². The van der Waals surface area contributed by atoms with Crippen LogP contribution in [0.2, 0.25) is 0 Å². The van der Waals surface area contributed by atoms with Gasteiger partial charge >= 0.3 is 0 Å². The summed E-state index contributed by atoms with van der Waals surface area (Å²) in [7, 11) is 0. The van der Waals surface area contributed by atoms with Crippen molar-refractivity contribution in [3.05, 3.63) is 47.5 Å². The van der Waals surface area contributed by atoms with Crippen molar-refractivity contribution < 1.29 is 18.7 Å². The fourth-order valence-corrected chi connectivity index (χ4v) is 4.45. The molecule has 7 nitrogen and oxygen atoms in total. The van der Waals surface area contributed by atoms with Gasteiger partial charge in [0.25, 0.3) is 0 Å². The number of carbonyl (C=O) groups excluding carboxylic acids is 2. The average molecular weight is 429 g/mol. The van der Waals surface area contributed by atoms with Crippen molar-refractivity contribution in [1.29, 1.82) is 0 Å². The summed E-state index contributed by atoms with van der Waals surface area (Å²) >= 11 is 0. The Labute approximate surface area is 181 Å². The van der Waals surface area contributed by atoms with Crippen LogP contribution in [0.5, 0.6) is 5.75 Å². The maximum atomic E-state index is 13.2. The summed E-state index contributed by atoms with van der Waals surface area (Å²) in [6.07, 6.45) is 3.05. The van der Waals surface area contributed by atoms with Crippen LogP contribution in [0.1, 0.15) is 43.5 Å². The highest BCUT2D eigenvalue weighted by Crippen LogP contribution is 2.29. The Morgan fingerprint density at radius 2 is 1.94 bits per heavy atom. The maximum absolute atomic E-state index is 13.2. The van der Waals surface area contributed by atoms with E-state index in [0.717, 1.165) is 37.2 Å². The van der Waals surface area contributed by atoms with Gasteiger partial charge in [-0.1, -0.05) is 6.07 Å². The Balaban J connectivity index is 1.24. The Morgan fingerprint density at radius 3 is 2.68 bits per heavy atom. The lowest BCUT2D eigenvalue weighted by Crippen LogP contribution is -2.43. The zero-order valence-electron chi connectivity index (χ0n) is 17.8. The van der Waals surface area contributed by atoms with E-state index in [1.54, 1.807) is 19.1 Å². The minimum atomic E-state index is -0.314. The van der Waals surface area contributed by atoms with Crippen LogP contribution in [-0.4, -0.2) is 64.6 Å². The van der Waals surface area contributed by atoms with Crippen molar-refractivity contribution in [2.75, 3.05) is 32.8 Å². The van der Waals surface area contributed by atoms with Crippen molar-refractivity contribution in [3.63, 3.8) is 0 Å². The Bertz CT molecular complexity index is 923. The first kappa shape index (κ1) is 21.3. The third kappa shape index (κ3) is 5.24. The molecule has 2 aliphatic heterocycles. The summed E-state index contributed by atoms with van der Waals surface area (Å²) in [6.45, 7) is 4.79. The number of rotatable bonds is 6. The molecule has 2 saturated heterocycles. The number of benzene rings is 1. The van der Waals surface area contributed by atoms with Gasteiger partial charge in [-0.25, -0.2) is 4.39 Å². The van der Waals surface area contributed by atoms with Gasteiger partial charge in [0.05, 0.1) is 12.3 Å². The second kappa shape index (κ2) is 9.49. The third-order valence-corrected chi connectivity index (χ3v) is 6.29. The monoisotopic (exact) mass is 428 g/mol. The number of carbonyl (C=O) groups is 2. The lowest BCUT2D eigenvalue weighted by atomic mass is 9.95. The van der Waals surface area contributed by atoms with Gasteiger partial charge in [-0.3, -0.25) is 14.7 Å². The Morgan fingerprint density at radius 1 is 1.16 bits per heavy atom. The number of aromatic amines is 1. The first-order valence-corrected chi connectivity index (χ1v) is 11.0. The minimum Gasteiger partial charge on any atom is -0.493 e. The fourth-order valence-electron chi connectivity index (χ4n) is 4.45. The molecule has 4 rings (SSSR count). The summed E-state index contributed by atoms with van der Waals surface area (Å²) < 4.78 is 18.8. The van der Waals surface area contributed by atoms with Crippen molar-refractivity contribution in [2.45, 2.75) is 38.5 Å². The van der Waals surface area contributed by atoms with Crippen molar-refractivity contribution in [2.24, 2.45) is 5.92 Å². The number of hydrogen-bond donors (Lipinski definition) is 1. The number of likely N-dealkylation sites (tertiary alicyclic amines) is 2. The molecule has 0 aliphatic carbocycles. The largest absolute Gasteiger partial charge is 0.493 e. The van der Waals surface area contributed by atoms with Crippen LogP contribution < -0.4 is 4.74 Å². The normalized spacial score (nSPS) is 19.6. The van der Waals surface area contributed by atoms with E-state index in [-0.39, 0.29) is 29.5 Å². The second-order valence-corrected chi connectivity index (χ2v) is 8.42. The van der Waals surface area contributed by atoms with E-state index < -0.39 is 0 Å². The van der Waals surface area contributed by atoms with E-state index in [9.17, 15) is 14.0 Å². The quantitative estimate of drug-likeness (QED) is 0.768. The molecule has 1 aromatic heterocycles. The Hall–Kier alpha value is -2.90. The summed E-state index contributed by atoms with van der Waals surface area (Å²) in [5, 5.41) is 7.51. The molecule has 0 unspecified atom stereocenters. The summed E-state index contributed by atoms with van der Waals surface area (Å²) in [4.78, 5) is 28.2. The van der Waals surface area contributed by atoms with Gasteiger partial charge in [0.15, 0.2) is 0 Å². The molecule has 1 atom stereocenters. The van der Waals surface area contributed by atoms with E-state index in [1.807, 2.05) is 15.9 Å². The molecule has 31 heavy (non-hydrogen) atoms. The molecule has 8 heteroatoms. The zero-order chi connectivity index (χ0) is 21.8. The predicted molar refractivity (Wildman–Crippen MR) is 113 cm³/mol. The molecule has 0 spiro atoms. The number of nitrogens with one attached hydrogen (secondary N) is 1. The SMILES string of the molecule is CC(=O)N1CCC(C(=O)N2CC[C@H](c3cc(CCOc4cccc(F)c4)[nH]n3)C2)CC1. The van der Waals surface area contributed by atoms with Crippen molar-refractivity contribution >= 4 is 11.8 Å². The molecule has 0 saturated carbocycles. The molecule has 2 aliphatic rings. The van der Waals surface area contributed by atoms with E-state index in [2.05, 4.69) is 10.2 Å². The highest BCUT2D eigenvalue weighted by Gasteiger charge is 2.34. The van der Waals surface area contributed by atoms with Crippen LogP contribution in [0.4, 0.5) is 4.39 Å². The second-order valence-electron chi connectivity index (χ2n) is 8.42. The van der Waals surface area contributed by atoms with Crippen LogP contribution in [0.15, 0.2) is 30.3 Å². The topological polar surface area (TPSA) is 78.5 Å². The lowest BCUT2D eigenvalue weighted by Gasteiger charge is -2.32. The molecule has 2 aromatic rings. The van der Waals surface area contributed by atoms with Gasteiger partial charge < -0.3 is 14.5 Å². The number of halogens is 1. The predicted octanol–water partition coefficient (Wildman–Crippen LogP) is 2.74. The number of nitrogens with zero attached hydrogens (tertiary/aromatic N) is 3. The number of amides is 2. The average Bonchev–Trinajstić information content (AvgIpc) is 3.43. The van der Waals surface area contributed by atoms with Gasteiger partial charge in [0, 0.05) is 63.1 Å². The zero-order valence-corrected chi connectivity index (χ0v) is 17.8. The number of aromatic nitrogens is 2. The highest BCUT2D eigenvalue weighted by molar-refractivity contribution is 5.80. The van der Waals surface area contributed by atoms with Crippen LogP contribution in [0.25, 0.3) is 0 Å². The number of hydrogen-bond acceptors (Lipinski definition) is 4. The lowest BCUT2D eigenvalue weighted by molar-refractivity contribution is -0.139. The van der Waals surface area contributed by atoms with Gasteiger partial charge in [-0.15, -0.1) is 0 Å². The van der Waals surface area contributed by atoms with Crippen molar-refractivity contribution in [1.82, 2.24) is 20.0 Å². The molecule has 2 fully saturated rings. The van der Waals surface area contributed by atoms with Crippen molar-refractivity contribution in [3.8, 4) is 5.75 Å². The van der Waals surface area contributed by atoms with Crippen LogP contribution in [-0.2, 0) is 16.0 Å². The highest BCUT2D eigenvalue weighted by atomic mass is 19.1. The first-order chi connectivity index (χ1) is 15.0. The molecule has 166 valence electrons. The molecule has 1 aromatic carbocycles. The third-order valence-electron chi connectivity index (χ3n) is 6.29. The van der Waals surface area contributed by atoms with Crippen LogP contribution in [0, 0.1) is 11.7 Å². The van der Waals surface area contributed by atoms with E-state index >= 15 is 0 Å². The summed E-state index contributed by atoms with van der Waals surface area (Å²) in [5.74, 6) is 0.747. The smallest absolute Gasteiger partial charge is 0.225 e. The van der Waals surface area contributed by atoms with Crippen LogP contribution >= 0.6 is 0 Å². The minimum absolute atomic E-state index is 0.0177.